The second-order valence-electron chi connectivity index (χ2n) is 6.97. The van der Waals surface area contributed by atoms with Crippen molar-refractivity contribution in [3.8, 4) is 11.5 Å². The Hall–Kier alpha value is -1.30. The summed E-state index contributed by atoms with van der Waals surface area (Å²) < 4.78 is 11.2. The van der Waals surface area contributed by atoms with Gasteiger partial charge in [-0.3, -0.25) is 4.90 Å². The predicted octanol–water partition coefficient (Wildman–Crippen LogP) is 2.37. The largest absolute Gasteiger partial charge is 0.493 e. The molecule has 1 N–H and O–H groups in total. The number of nitrogens with zero attached hydrogens (tertiary/aromatic N) is 2. The molecule has 5 heteroatoms. The molecule has 1 aliphatic rings. The van der Waals surface area contributed by atoms with Crippen LogP contribution in [0.15, 0.2) is 18.2 Å². The van der Waals surface area contributed by atoms with Crippen LogP contribution in [0.1, 0.15) is 32.3 Å². The van der Waals surface area contributed by atoms with E-state index in [1.54, 1.807) is 7.11 Å². The van der Waals surface area contributed by atoms with Crippen LogP contribution in [-0.2, 0) is 6.54 Å². The quantitative estimate of drug-likeness (QED) is 0.750. The molecule has 0 bridgehead atoms. The molecule has 0 spiro atoms. The highest BCUT2D eigenvalue weighted by molar-refractivity contribution is 5.43. The smallest absolute Gasteiger partial charge is 0.161 e. The summed E-state index contributed by atoms with van der Waals surface area (Å²) >= 11 is 0. The third kappa shape index (κ3) is 5.65. The Balaban J connectivity index is 1.89. The molecule has 24 heavy (non-hydrogen) atoms. The van der Waals surface area contributed by atoms with Crippen LogP contribution in [-0.4, -0.2) is 67.5 Å². The molecule has 1 aromatic carbocycles. The molecule has 1 aliphatic heterocycles. The average molecular weight is 336 g/mol. The fourth-order valence-electron chi connectivity index (χ4n) is 2.91. The van der Waals surface area contributed by atoms with Gasteiger partial charge in [0.05, 0.1) is 7.11 Å². The van der Waals surface area contributed by atoms with Gasteiger partial charge in [-0.25, -0.2) is 0 Å². The van der Waals surface area contributed by atoms with E-state index in [9.17, 15) is 5.11 Å². The first kappa shape index (κ1) is 19.0. The van der Waals surface area contributed by atoms with Gasteiger partial charge in [-0.1, -0.05) is 6.07 Å². The zero-order chi connectivity index (χ0) is 17.5. The number of aliphatic hydroxyl groups is 1. The van der Waals surface area contributed by atoms with Crippen molar-refractivity contribution in [2.24, 2.45) is 0 Å². The molecule has 0 saturated carbocycles. The van der Waals surface area contributed by atoms with Crippen molar-refractivity contribution in [3.05, 3.63) is 23.8 Å². The van der Waals surface area contributed by atoms with Crippen molar-refractivity contribution in [3.63, 3.8) is 0 Å². The van der Waals surface area contributed by atoms with Crippen molar-refractivity contribution in [1.82, 2.24) is 9.80 Å². The third-order valence-corrected chi connectivity index (χ3v) is 4.64. The highest BCUT2D eigenvalue weighted by Gasteiger charge is 2.15. The Morgan fingerprint density at radius 1 is 1.21 bits per heavy atom. The van der Waals surface area contributed by atoms with E-state index in [1.807, 2.05) is 19.2 Å². The second kappa shape index (κ2) is 9.25. The number of likely N-dealkylation sites (N-methyl/N-ethyl adjacent to an activating group) is 1. The normalized spacial score (nSPS) is 16.8. The zero-order valence-electron chi connectivity index (χ0n) is 15.5. The van der Waals surface area contributed by atoms with E-state index in [2.05, 4.69) is 29.7 Å². The van der Waals surface area contributed by atoms with Gasteiger partial charge in [0.1, 0.15) is 12.7 Å². The van der Waals surface area contributed by atoms with Gasteiger partial charge < -0.3 is 19.5 Å². The lowest BCUT2D eigenvalue weighted by Crippen LogP contribution is -2.36. The van der Waals surface area contributed by atoms with E-state index in [-0.39, 0.29) is 6.61 Å². The zero-order valence-corrected chi connectivity index (χ0v) is 15.5. The van der Waals surface area contributed by atoms with Crippen LogP contribution in [0.4, 0.5) is 0 Å². The van der Waals surface area contributed by atoms with Crippen LogP contribution in [0.25, 0.3) is 0 Å². The molecular weight excluding hydrogens is 304 g/mol. The summed E-state index contributed by atoms with van der Waals surface area (Å²) in [5.74, 6) is 1.42. The van der Waals surface area contributed by atoms with E-state index in [0.29, 0.717) is 18.3 Å². The maximum absolute atomic E-state index is 10.1. The van der Waals surface area contributed by atoms with Gasteiger partial charge >= 0.3 is 0 Å². The molecule has 136 valence electrons. The van der Waals surface area contributed by atoms with Gasteiger partial charge in [0, 0.05) is 19.1 Å². The van der Waals surface area contributed by atoms with Gasteiger partial charge in [0.2, 0.25) is 0 Å². The maximum atomic E-state index is 10.1. The van der Waals surface area contributed by atoms with Crippen LogP contribution in [0.2, 0.25) is 0 Å². The fourth-order valence-corrected chi connectivity index (χ4v) is 2.91. The Kier molecular flexibility index (Phi) is 7.34. The first-order valence-electron chi connectivity index (χ1n) is 8.90. The molecule has 0 aliphatic carbocycles. The molecule has 2 rings (SSSR count). The molecule has 1 saturated heterocycles. The summed E-state index contributed by atoms with van der Waals surface area (Å²) in [5.41, 5.74) is 1.24. The van der Waals surface area contributed by atoms with Crippen LogP contribution < -0.4 is 9.47 Å². The van der Waals surface area contributed by atoms with Gasteiger partial charge in [-0.2, -0.15) is 0 Å². The summed E-state index contributed by atoms with van der Waals surface area (Å²) in [6, 6.07) is 6.48. The minimum atomic E-state index is -0.522. The lowest BCUT2D eigenvalue weighted by Gasteiger charge is -2.24. The minimum Gasteiger partial charge on any atom is -0.493 e. The number of methoxy groups -OCH3 is 1. The van der Waals surface area contributed by atoms with Gasteiger partial charge in [0.15, 0.2) is 11.5 Å². The molecular formula is C19H32N2O3. The molecule has 5 nitrogen and oxygen atoms in total. The Bertz CT molecular complexity index is 501. The highest BCUT2D eigenvalue weighted by Crippen LogP contribution is 2.29. The summed E-state index contributed by atoms with van der Waals surface area (Å²) in [4.78, 5) is 4.56. The number of hydrogen-bond acceptors (Lipinski definition) is 5. The van der Waals surface area contributed by atoms with Crippen LogP contribution in [0.3, 0.4) is 0 Å². The summed E-state index contributed by atoms with van der Waals surface area (Å²) in [7, 11) is 3.66. The van der Waals surface area contributed by atoms with Crippen molar-refractivity contribution < 1.29 is 14.6 Å². The van der Waals surface area contributed by atoms with Gasteiger partial charge in [0.25, 0.3) is 0 Å². The lowest BCUT2D eigenvalue weighted by molar-refractivity contribution is 0.0668. The lowest BCUT2D eigenvalue weighted by atomic mass is 10.2. The number of ether oxygens (including phenoxy) is 2. The minimum absolute atomic E-state index is 0.263. The standard InChI is InChI=1S/C19H32N2O3/c1-15(2)20(3)13-17(22)14-24-18-8-7-16(11-19(18)23-4)12-21-9-5-6-10-21/h7-8,11,15,17,22H,5-6,9-10,12-14H2,1-4H3/t17-/m0/s1. The van der Waals surface area contributed by atoms with Crippen molar-refractivity contribution in [2.75, 3.05) is 40.4 Å². The summed E-state index contributed by atoms with van der Waals surface area (Å²) in [6.45, 7) is 8.38. The molecule has 0 amide bonds. The van der Waals surface area contributed by atoms with Crippen LogP contribution in [0, 0.1) is 0 Å². The average Bonchev–Trinajstić information content (AvgIpc) is 3.06. The monoisotopic (exact) mass is 336 g/mol. The molecule has 1 fully saturated rings. The van der Waals surface area contributed by atoms with E-state index < -0.39 is 6.10 Å². The van der Waals surface area contributed by atoms with Crippen molar-refractivity contribution >= 4 is 0 Å². The Labute approximate surface area is 146 Å². The van der Waals surface area contributed by atoms with E-state index >= 15 is 0 Å². The first-order valence-corrected chi connectivity index (χ1v) is 8.90. The highest BCUT2D eigenvalue weighted by atomic mass is 16.5. The number of aliphatic hydroxyl groups excluding tert-OH is 1. The van der Waals surface area contributed by atoms with Gasteiger partial charge in [-0.15, -0.1) is 0 Å². The second-order valence-corrected chi connectivity index (χ2v) is 6.97. The Morgan fingerprint density at radius 2 is 1.92 bits per heavy atom. The number of rotatable bonds is 9. The summed E-state index contributed by atoms with van der Waals surface area (Å²) in [6.07, 6.45) is 2.06. The first-order chi connectivity index (χ1) is 11.5. The van der Waals surface area contributed by atoms with Crippen LogP contribution >= 0.6 is 0 Å². The molecule has 0 radical (unpaired) electrons. The maximum Gasteiger partial charge on any atom is 0.161 e. The molecule has 0 unspecified atom stereocenters. The van der Waals surface area contributed by atoms with Crippen LogP contribution in [0.5, 0.6) is 11.5 Å². The topological polar surface area (TPSA) is 45.2 Å². The molecule has 0 aromatic heterocycles. The molecule has 1 atom stereocenters. The predicted molar refractivity (Wildman–Crippen MR) is 96.8 cm³/mol. The fraction of sp³-hybridized carbons (Fsp3) is 0.684. The SMILES string of the molecule is COc1cc(CN2CCCC2)ccc1OC[C@@H](O)CN(C)C(C)C. The molecule has 1 aromatic rings. The van der Waals surface area contributed by atoms with Crippen molar-refractivity contribution in [2.45, 2.75) is 45.4 Å². The Morgan fingerprint density at radius 3 is 2.54 bits per heavy atom. The van der Waals surface area contributed by atoms with E-state index in [0.717, 1.165) is 12.3 Å². The molecule has 1 heterocycles. The van der Waals surface area contributed by atoms with E-state index in [1.165, 1.54) is 31.5 Å². The number of hydrogen-bond donors (Lipinski definition) is 1. The summed E-state index contributed by atoms with van der Waals surface area (Å²) in [5, 5.41) is 10.1. The number of likely N-dealkylation sites (tertiary alicyclic amines) is 1. The van der Waals surface area contributed by atoms with E-state index in [4.69, 9.17) is 9.47 Å². The third-order valence-electron chi connectivity index (χ3n) is 4.64. The van der Waals surface area contributed by atoms with Gasteiger partial charge in [-0.05, 0) is 64.5 Å². The van der Waals surface area contributed by atoms with Crippen molar-refractivity contribution in [1.29, 1.82) is 0 Å². The number of benzene rings is 1.